The molecule has 186 valence electrons. The lowest BCUT2D eigenvalue weighted by atomic mass is 10.1. The summed E-state index contributed by atoms with van der Waals surface area (Å²) >= 11 is 0. The molecular formula is C26H24N8O3. The van der Waals surface area contributed by atoms with Gasteiger partial charge in [-0.2, -0.15) is 0 Å². The minimum atomic E-state index is -0.622. The summed E-state index contributed by atoms with van der Waals surface area (Å²) in [6, 6.07) is 18.3. The van der Waals surface area contributed by atoms with E-state index in [0.717, 1.165) is 10.9 Å². The quantitative estimate of drug-likeness (QED) is 0.123. The second-order valence-electron chi connectivity index (χ2n) is 8.36. The van der Waals surface area contributed by atoms with Gasteiger partial charge in [0, 0.05) is 29.2 Å². The Morgan fingerprint density at radius 1 is 1.00 bits per heavy atom. The zero-order valence-electron chi connectivity index (χ0n) is 19.7. The van der Waals surface area contributed by atoms with Crippen molar-refractivity contribution in [1.82, 2.24) is 15.0 Å². The molecule has 0 bridgehead atoms. The van der Waals surface area contributed by atoms with Crippen LogP contribution in [0.3, 0.4) is 0 Å². The Bertz CT molecular complexity index is 1720. The van der Waals surface area contributed by atoms with Gasteiger partial charge in [0.15, 0.2) is 5.96 Å². The standard InChI is InChI=1S/C26H24N8O3/c27-23(35)20-12-19(14-6-1-3-8-16(14)32-20)31-17-9-4-2-7-15(17)22-13-21-25(37-22)34-18(24(36)33-21)10-5-11-30-26(28)29/h1-4,6-9,12-13H,5,10-11H2,(H2,27,35)(H,31,32)(H,33,36)(H4,28,29,30). The second-order valence-corrected chi connectivity index (χ2v) is 8.36. The molecule has 8 N–H and O–H groups in total. The molecular weight excluding hydrogens is 472 g/mol. The number of aliphatic imine (C=N–C) groups is 1. The van der Waals surface area contributed by atoms with Gasteiger partial charge >= 0.3 is 0 Å². The van der Waals surface area contributed by atoms with Gasteiger partial charge < -0.3 is 31.9 Å². The van der Waals surface area contributed by atoms with E-state index in [1.165, 1.54) is 0 Å². The molecule has 0 unspecified atom stereocenters. The smallest absolute Gasteiger partial charge is 0.270 e. The van der Waals surface area contributed by atoms with Crippen molar-refractivity contribution >= 4 is 45.4 Å². The zero-order chi connectivity index (χ0) is 25.9. The van der Waals surface area contributed by atoms with E-state index in [1.54, 1.807) is 12.1 Å². The molecule has 37 heavy (non-hydrogen) atoms. The first kappa shape index (κ1) is 23.5. The van der Waals surface area contributed by atoms with E-state index in [1.807, 2.05) is 48.5 Å². The number of hydrogen-bond acceptors (Lipinski definition) is 7. The van der Waals surface area contributed by atoms with Crippen LogP contribution in [0.2, 0.25) is 0 Å². The highest BCUT2D eigenvalue weighted by atomic mass is 16.3. The molecule has 11 heteroatoms. The number of nitrogens with zero attached hydrogens (tertiary/aromatic N) is 3. The fraction of sp³-hybridized carbons (Fsp3) is 0.115. The van der Waals surface area contributed by atoms with Crippen LogP contribution in [0.4, 0.5) is 11.4 Å². The topological polar surface area (TPSA) is 191 Å². The first-order chi connectivity index (χ1) is 17.9. The first-order valence-electron chi connectivity index (χ1n) is 11.5. The number of pyridine rings is 1. The number of carbonyl (C=O) groups is 1. The van der Waals surface area contributed by atoms with Crippen LogP contribution in [0.5, 0.6) is 0 Å². The van der Waals surface area contributed by atoms with E-state index in [9.17, 15) is 9.59 Å². The summed E-state index contributed by atoms with van der Waals surface area (Å²) in [6.45, 7) is 0.394. The van der Waals surface area contributed by atoms with Gasteiger partial charge in [-0.05, 0) is 37.1 Å². The molecule has 0 aliphatic heterocycles. The maximum absolute atomic E-state index is 12.5. The number of nitrogens with two attached hydrogens (primary N) is 3. The number of aromatic amines is 1. The molecule has 0 aliphatic carbocycles. The summed E-state index contributed by atoms with van der Waals surface area (Å²) < 4.78 is 6.05. The number of aryl methyl sites for hydroxylation is 1. The molecule has 0 saturated heterocycles. The van der Waals surface area contributed by atoms with E-state index >= 15 is 0 Å². The third kappa shape index (κ3) is 4.96. The Kier molecular flexibility index (Phi) is 6.25. The number of hydrogen-bond donors (Lipinski definition) is 5. The lowest BCUT2D eigenvalue weighted by Gasteiger charge is -2.13. The monoisotopic (exact) mass is 496 g/mol. The first-order valence-corrected chi connectivity index (χ1v) is 11.5. The van der Waals surface area contributed by atoms with Crippen molar-refractivity contribution in [1.29, 1.82) is 0 Å². The Hall–Kier alpha value is -5.19. The van der Waals surface area contributed by atoms with Crippen LogP contribution in [0, 0.1) is 0 Å². The highest BCUT2D eigenvalue weighted by Gasteiger charge is 2.16. The maximum atomic E-state index is 12.5. The normalized spacial score (nSPS) is 11.0. The second kappa shape index (κ2) is 9.82. The number of amides is 1. The number of para-hydroxylation sites is 2. The van der Waals surface area contributed by atoms with Crippen LogP contribution in [-0.4, -0.2) is 33.4 Å². The fourth-order valence-electron chi connectivity index (χ4n) is 4.04. The average Bonchev–Trinajstić information content (AvgIpc) is 3.29. The van der Waals surface area contributed by atoms with Crippen molar-refractivity contribution in [2.45, 2.75) is 12.8 Å². The summed E-state index contributed by atoms with van der Waals surface area (Å²) in [5.41, 5.74) is 19.9. The summed E-state index contributed by atoms with van der Waals surface area (Å²) in [7, 11) is 0. The van der Waals surface area contributed by atoms with Gasteiger partial charge in [-0.1, -0.05) is 30.3 Å². The maximum Gasteiger partial charge on any atom is 0.270 e. The molecule has 0 aliphatic rings. The molecule has 3 aromatic heterocycles. The SMILES string of the molecule is NC(=O)c1cc(Nc2ccccc2-c2cc3[nH]c(=O)c(CCCN=C(N)N)nc3o2)c2ccccc2n1. The van der Waals surface area contributed by atoms with E-state index in [0.29, 0.717) is 59.0 Å². The van der Waals surface area contributed by atoms with Crippen LogP contribution < -0.4 is 28.1 Å². The Labute approximate surface area is 210 Å². The number of primary amides is 1. The molecule has 0 fully saturated rings. The average molecular weight is 497 g/mol. The van der Waals surface area contributed by atoms with E-state index in [-0.39, 0.29) is 17.2 Å². The van der Waals surface area contributed by atoms with Crippen LogP contribution in [-0.2, 0) is 6.42 Å². The van der Waals surface area contributed by atoms with Gasteiger partial charge in [-0.3, -0.25) is 14.6 Å². The number of guanidine groups is 1. The molecule has 5 aromatic rings. The summed E-state index contributed by atoms with van der Waals surface area (Å²) in [4.78, 5) is 39.9. The summed E-state index contributed by atoms with van der Waals surface area (Å²) in [5.74, 6) is -0.109. The van der Waals surface area contributed by atoms with E-state index in [2.05, 4.69) is 25.3 Å². The third-order valence-corrected chi connectivity index (χ3v) is 5.76. The van der Waals surface area contributed by atoms with Crippen molar-refractivity contribution in [2.24, 2.45) is 22.2 Å². The van der Waals surface area contributed by atoms with Gasteiger partial charge in [-0.25, -0.2) is 9.97 Å². The minimum absolute atomic E-state index is 0.00545. The fourth-order valence-corrected chi connectivity index (χ4v) is 4.04. The highest BCUT2D eigenvalue weighted by molar-refractivity contribution is 6.00. The lowest BCUT2D eigenvalue weighted by Crippen LogP contribution is -2.23. The number of benzene rings is 2. The lowest BCUT2D eigenvalue weighted by molar-refractivity contribution is 0.0996. The van der Waals surface area contributed by atoms with Crippen LogP contribution in [0.25, 0.3) is 33.5 Å². The van der Waals surface area contributed by atoms with Crippen LogP contribution in [0.15, 0.2) is 74.9 Å². The Morgan fingerprint density at radius 3 is 2.59 bits per heavy atom. The van der Waals surface area contributed by atoms with Gasteiger partial charge in [0.1, 0.15) is 22.7 Å². The Morgan fingerprint density at radius 2 is 1.78 bits per heavy atom. The van der Waals surface area contributed by atoms with Crippen molar-refractivity contribution in [3.8, 4) is 11.3 Å². The van der Waals surface area contributed by atoms with Crippen molar-refractivity contribution < 1.29 is 9.21 Å². The molecule has 11 nitrogen and oxygen atoms in total. The van der Waals surface area contributed by atoms with Crippen LogP contribution >= 0.6 is 0 Å². The molecule has 1 amide bonds. The number of rotatable bonds is 8. The predicted molar refractivity (Wildman–Crippen MR) is 143 cm³/mol. The van der Waals surface area contributed by atoms with Gasteiger partial charge in [0.05, 0.1) is 11.2 Å². The predicted octanol–water partition coefficient (Wildman–Crippen LogP) is 2.78. The molecule has 0 radical (unpaired) electrons. The van der Waals surface area contributed by atoms with E-state index < -0.39 is 5.91 Å². The number of furan rings is 1. The number of carbonyl (C=O) groups excluding carboxylic acids is 1. The molecule has 0 spiro atoms. The Balaban J connectivity index is 1.50. The number of fused-ring (bicyclic) bond motifs is 2. The molecule has 5 rings (SSSR count). The molecule has 2 aromatic carbocycles. The summed E-state index contributed by atoms with van der Waals surface area (Å²) in [5, 5.41) is 4.21. The third-order valence-electron chi connectivity index (χ3n) is 5.76. The van der Waals surface area contributed by atoms with Crippen molar-refractivity contribution in [3.63, 3.8) is 0 Å². The zero-order valence-corrected chi connectivity index (χ0v) is 19.7. The molecule has 0 atom stereocenters. The largest absolute Gasteiger partial charge is 0.436 e. The number of H-pyrrole nitrogens is 1. The number of aromatic nitrogens is 3. The van der Waals surface area contributed by atoms with Gasteiger partial charge in [0.25, 0.3) is 11.5 Å². The number of nitrogens with one attached hydrogen (secondary N) is 2. The van der Waals surface area contributed by atoms with Crippen LogP contribution in [0.1, 0.15) is 22.6 Å². The van der Waals surface area contributed by atoms with Crippen molar-refractivity contribution in [3.05, 3.63) is 82.4 Å². The minimum Gasteiger partial charge on any atom is -0.436 e. The molecule has 3 heterocycles. The highest BCUT2D eigenvalue weighted by Crippen LogP contribution is 2.35. The van der Waals surface area contributed by atoms with E-state index in [4.69, 9.17) is 21.6 Å². The number of anilines is 2. The molecule has 0 saturated carbocycles. The van der Waals surface area contributed by atoms with Gasteiger partial charge in [-0.15, -0.1) is 0 Å². The summed E-state index contributed by atoms with van der Waals surface area (Å²) in [6.07, 6.45) is 0.959. The van der Waals surface area contributed by atoms with Crippen molar-refractivity contribution in [2.75, 3.05) is 11.9 Å². The van der Waals surface area contributed by atoms with Gasteiger partial charge in [0.2, 0.25) is 5.71 Å².